The van der Waals surface area contributed by atoms with Crippen LogP contribution in [0.1, 0.15) is 56.8 Å². The van der Waals surface area contributed by atoms with E-state index >= 15 is 0 Å². The minimum atomic E-state index is -0.262. The van der Waals surface area contributed by atoms with Crippen molar-refractivity contribution in [3.63, 3.8) is 0 Å². The number of aryl methyl sites for hydroxylation is 1. The number of aromatic nitrogens is 2. The molecule has 0 radical (unpaired) electrons. The normalized spacial score (nSPS) is 21.3. The topological polar surface area (TPSA) is 79.5 Å². The molecule has 1 amide bonds. The first kappa shape index (κ1) is 19.8. The zero-order valence-corrected chi connectivity index (χ0v) is 17.2. The van der Waals surface area contributed by atoms with Gasteiger partial charge in [-0.15, -0.1) is 0 Å². The van der Waals surface area contributed by atoms with Crippen LogP contribution in [0.4, 0.5) is 0 Å². The van der Waals surface area contributed by atoms with Gasteiger partial charge >= 0.3 is 0 Å². The number of benzene rings is 1. The maximum absolute atomic E-state index is 12.3. The average Bonchev–Trinajstić information content (AvgIpc) is 2.94. The Kier molecular flexibility index (Phi) is 5.81. The molecule has 1 aliphatic carbocycles. The number of hydrogen-bond donors (Lipinski definition) is 2. The van der Waals surface area contributed by atoms with Crippen LogP contribution in [0.5, 0.6) is 0 Å². The number of carbonyl (C=O) groups excluding carboxylic acids is 1. The van der Waals surface area contributed by atoms with Crippen LogP contribution >= 0.6 is 11.3 Å². The van der Waals surface area contributed by atoms with Crippen molar-refractivity contribution in [2.24, 2.45) is 12.0 Å². The van der Waals surface area contributed by atoms with Gasteiger partial charge in [-0.2, -0.15) is 5.10 Å². The summed E-state index contributed by atoms with van der Waals surface area (Å²) in [6.07, 6.45) is 3.40. The van der Waals surface area contributed by atoms with Gasteiger partial charge in [0, 0.05) is 23.7 Å². The summed E-state index contributed by atoms with van der Waals surface area (Å²) in [5, 5.41) is 18.3. The second kappa shape index (κ2) is 7.94. The number of rotatable bonds is 3. The lowest BCUT2D eigenvalue weighted by atomic mass is 9.94. The fraction of sp³-hybridized carbons (Fsp3) is 0.550. The SMILES string of the molecule is Cn1nc(-c2ccc(C(=O)NC(C)(C)C)cc2)sc1=N[C@@H]1CCC[C@@H](O)C1. The summed E-state index contributed by atoms with van der Waals surface area (Å²) in [7, 11) is 1.89. The van der Waals surface area contributed by atoms with Gasteiger partial charge in [0.15, 0.2) is 0 Å². The van der Waals surface area contributed by atoms with Gasteiger partial charge in [0.25, 0.3) is 5.91 Å². The minimum absolute atomic E-state index is 0.0784. The van der Waals surface area contributed by atoms with Crippen molar-refractivity contribution < 1.29 is 9.90 Å². The number of nitrogens with one attached hydrogen (secondary N) is 1. The van der Waals surface area contributed by atoms with Crippen LogP contribution in [0.25, 0.3) is 10.6 Å². The summed E-state index contributed by atoms with van der Waals surface area (Å²) in [6.45, 7) is 5.89. The summed E-state index contributed by atoms with van der Waals surface area (Å²) in [4.78, 5) is 17.9. The zero-order valence-electron chi connectivity index (χ0n) is 16.4. The Morgan fingerprint density at radius 2 is 2.00 bits per heavy atom. The molecule has 1 aliphatic rings. The van der Waals surface area contributed by atoms with E-state index in [2.05, 4.69) is 10.4 Å². The molecular weight excluding hydrogens is 360 g/mol. The Morgan fingerprint density at radius 3 is 2.63 bits per heavy atom. The molecule has 1 aromatic carbocycles. The number of aliphatic hydroxyl groups is 1. The van der Waals surface area contributed by atoms with Crippen LogP contribution in [-0.4, -0.2) is 38.5 Å². The van der Waals surface area contributed by atoms with Crippen LogP contribution in [-0.2, 0) is 7.05 Å². The molecule has 0 aliphatic heterocycles. The summed E-state index contributed by atoms with van der Waals surface area (Å²) in [5.41, 5.74) is 1.34. The summed E-state index contributed by atoms with van der Waals surface area (Å²) in [5.74, 6) is -0.0784. The molecule has 2 atom stereocenters. The molecule has 2 N–H and O–H groups in total. The van der Waals surface area contributed by atoms with E-state index in [4.69, 9.17) is 4.99 Å². The van der Waals surface area contributed by atoms with Crippen molar-refractivity contribution in [1.82, 2.24) is 15.1 Å². The van der Waals surface area contributed by atoms with Gasteiger partial charge in [-0.1, -0.05) is 23.5 Å². The molecule has 7 heteroatoms. The molecular formula is C20H28N4O2S. The van der Waals surface area contributed by atoms with Gasteiger partial charge in [0.2, 0.25) is 4.80 Å². The highest BCUT2D eigenvalue weighted by atomic mass is 32.1. The molecule has 146 valence electrons. The first-order chi connectivity index (χ1) is 12.7. The highest BCUT2D eigenvalue weighted by Crippen LogP contribution is 2.22. The minimum Gasteiger partial charge on any atom is -0.393 e. The molecule has 0 unspecified atom stereocenters. The van der Waals surface area contributed by atoms with Crippen molar-refractivity contribution in [3.05, 3.63) is 34.6 Å². The lowest BCUT2D eigenvalue weighted by Gasteiger charge is -2.22. The average molecular weight is 389 g/mol. The van der Waals surface area contributed by atoms with Gasteiger partial charge in [0.05, 0.1) is 12.1 Å². The first-order valence-electron chi connectivity index (χ1n) is 9.40. The highest BCUT2D eigenvalue weighted by molar-refractivity contribution is 7.12. The molecule has 1 saturated carbocycles. The van der Waals surface area contributed by atoms with Crippen LogP contribution < -0.4 is 10.1 Å². The lowest BCUT2D eigenvalue weighted by molar-refractivity contribution is 0.0919. The monoisotopic (exact) mass is 388 g/mol. The summed E-state index contributed by atoms with van der Waals surface area (Å²) in [6, 6.07) is 7.66. The van der Waals surface area contributed by atoms with Crippen LogP contribution in [0.2, 0.25) is 0 Å². The van der Waals surface area contributed by atoms with Gasteiger partial charge in [-0.05, 0) is 58.6 Å². The first-order valence-corrected chi connectivity index (χ1v) is 10.2. The summed E-state index contributed by atoms with van der Waals surface area (Å²) >= 11 is 1.53. The molecule has 1 fully saturated rings. The molecule has 3 rings (SSSR count). The van der Waals surface area contributed by atoms with Gasteiger partial charge in [-0.3, -0.25) is 9.79 Å². The number of hydrogen-bond acceptors (Lipinski definition) is 5. The molecule has 6 nitrogen and oxygen atoms in total. The van der Waals surface area contributed by atoms with Crippen molar-refractivity contribution >= 4 is 17.2 Å². The van der Waals surface area contributed by atoms with E-state index in [1.807, 2.05) is 52.1 Å². The number of amides is 1. The second-order valence-electron chi connectivity index (χ2n) is 8.20. The molecule has 0 spiro atoms. The fourth-order valence-electron chi connectivity index (χ4n) is 3.17. The van der Waals surface area contributed by atoms with Gasteiger partial charge in [-0.25, -0.2) is 4.68 Å². The maximum Gasteiger partial charge on any atom is 0.251 e. The molecule has 0 bridgehead atoms. The van der Waals surface area contributed by atoms with Crippen molar-refractivity contribution in [1.29, 1.82) is 0 Å². The van der Waals surface area contributed by atoms with E-state index in [0.29, 0.717) is 5.56 Å². The Labute approximate surface area is 164 Å². The van der Waals surface area contributed by atoms with Crippen LogP contribution in [0.15, 0.2) is 29.3 Å². The third kappa shape index (κ3) is 5.26. The van der Waals surface area contributed by atoms with Crippen molar-refractivity contribution in [3.8, 4) is 10.6 Å². The highest BCUT2D eigenvalue weighted by Gasteiger charge is 2.20. The van der Waals surface area contributed by atoms with E-state index in [9.17, 15) is 9.90 Å². The molecule has 27 heavy (non-hydrogen) atoms. The maximum atomic E-state index is 12.3. The van der Waals surface area contributed by atoms with Gasteiger partial charge < -0.3 is 10.4 Å². The lowest BCUT2D eigenvalue weighted by Crippen LogP contribution is -2.40. The smallest absolute Gasteiger partial charge is 0.251 e. The van der Waals surface area contributed by atoms with Gasteiger partial charge in [0.1, 0.15) is 5.01 Å². The third-order valence-corrected chi connectivity index (χ3v) is 5.56. The van der Waals surface area contributed by atoms with Crippen molar-refractivity contribution in [2.45, 2.75) is 64.1 Å². The zero-order chi connectivity index (χ0) is 19.6. The Balaban J connectivity index is 1.78. The van der Waals surface area contributed by atoms with E-state index in [0.717, 1.165) is 41.1 Å². The molecule has 2 aromatic rings. The number of nitrogens with zero attached hydrogens (tertiary/aromatic N) is 3. The second-order valence-corrected chi connectivity index (χ2v) is 9.15. The van der Waals surface area contributed by atoms with Crippen molar-refractivity contribution in [2.75, 3.05) is 0 Å². The molecule has 0 saturated heterocycles. The summed E-state index contributed by atoms with van der Waals surface area (Å²) < 4.78 is 1.79. The molecule has 1 aromatic heterocycles. The Bertz CT molecular complexity index is 861. The van der Waals surface area contributed by atoms with E-state index in [1.54, 1.807) is 4.68 Å². The predicted molar refractivity (Wildman–Crippen MR) is 108 cm³/mol. The quantitative estimate of drug-likeness (QED) is 0.848. The predicted octanol–water partition coefficient (Wildman–Crippen LogP) is 2.88. The van der Waals surface area contributed by atoms with Crippen LogP contribution in [0.3, 0.4) is 0 Å². The largest absolute Gasteiger partial charge is 0.393 e. The van der Waals surface area contributed by atoms with E-state index in [-0.39, 0.29) is 23.6 Å². The van der Waals surface area contributed by atoms with E-state index < -0.39 is 0 Å². The number of aliphatic hydroxyl groups excluding tert-OH is 1. The molecule has 1 heterocycles. The Morgan fingerprint density at radius 1 is 1.30 bits per heavy atom. The number of carbonyl (C=O) groups is 1. The van der Waals surface area contributed by atoms with E-state index in [1.165, 1.54) is 11.3 Å². The van der Waals surface area contributed by atoms with Crippen LogP contribution in [0, 0.1) is 0 Å². The standard InChI is InChI=1S/C20H28N4O2S/c1-20(2,3)22-17(26)13-8-10-14(11-9-13)18-23-24(4)19(27-18)21-15-6-5-7-16(25)12-15/h8-11,15-16,25H,5-7,12H2,1-4H3,(H,22,26)/t15-,16-/m1/s1. The fourth-order valence-corrected chi connectivity index (χ4v) is 4.13. The Hall–Kier alpha value is -1.99. The third-order valence-electron chi connectivity index (χ3n) is 4.50.